The van der Waals surface area contributed by atoms with Gasteiger partial charge in [0.1, 0.15) is 0 Å². The number of anilines is 3. The van der Waals surface area contributed by atoms with Gasteiger partial charge < -0.3 is 4.90 Å². The van der Waals surface area contributed by atoms with Crippen molar-refractivity contribution < 1.29 is 0 Å². The van der Waals surface area contributed by atoms with Crippen LogP contribution in [0.4, 0.5) is 17.1 Å². The normalized spacial score (nSPS) is 12.0. The van der Waals surface area contributed by atoms with E-state index < -0.39 is 0 Å². The third-order valence-corrected chi connectivity index (χ3v) is 10.1. The van der Waals surface area contributed by atoms with Gasteiger partial charge in [-0.25, -0.2) is 0 Å². The summed E-state index contributed by atoms with van der Waals surface area (Å²) in [6, 6.07) is 62.5. The van der Waals surface area contributed by atoms with Crippen LogP contribution in [0.2, 0.25) is 0 Å². The molecule has 49 heavy (non-hydrogen) atoms. The molecule has 1 aliphatic rings. The second-order valence-corrected chi connectivity index (χ2v) is 14.3. The van der Waals surface area contributed by atoms with E-state index in [1.54, 1.807) is 0 Å². The van der Waals surface area contributed by atoms with Crippen molar-refractivity contribution in [1.82, 2.24) is 0 Å². The van der Waals surface area contributed by atoms with Crippen LogP contribution >= 0.6 is 0 Å². The van der Waals surface area contributed by atoms with Crippen LogP contribution in [0.3, 0.4) is 0 Å². The minimum absolute atomic E-state index is 0.107. The lowest BCUT2D eigenvalue weighted by atomic mass is 9.77. The van der Waals surface area contributed by atoms with Gasteiger partial charge in [0.05, 0.1) is 0 Å². The summed E-state index contributed by atoms with van der Waals surface area (Å²) in [5.74, 6) is 0. The van der Waals surface area contributed by atoms with Gasteiger partial charge in [-0.05, 0) is 150 Å². The Morgan fingerprint density at radius 1 is 0.327 bits per heavy atom. The largest absolute Gasteiger partial charge is 0.310 e. The van der Waals surface area contributed by atoms with Gasteiger partial charge in [0.2, 0.25) is 0 Å². The molecule has 0 amide bonds. The Hall–Kier alpha value is -5.92. The molecule has 0 atom stereocenters. The van der Waals surface area contributed by atoms with Crippen molar-refractivity contribution in [2.75, 3.05) is 4.90 Å². The quantitative estimate of drug-likeness (QED) is 0.183. The molecule has 1 nitrogen and oxygen atoms in total. The van der Waals surface area contributed by atoms with Crippen LogP contribution < -0.4 is 4.90 Å². The molecule has 8 aromatic rings. The fourth-order valence-electron chi connectivity index (χ4n) is 7.45. The molecule has 0 spiro atoms. The highest BCUT2D eigenvalue weighted by Gasteiger charge is 2.25. The first-order valence-corrected chi connectivity index (χ1v) is 17.2. The van der Waals surface area contributed by atoms with Crippen LogP contribution in [0.25, 0.3) is 66.1 Å². The van der Waals surface area contributed by atoms with Crippen molar-refractivity contribution in [3.05, 3.63) is 175 Å². The van der Waals surface area contributed by atoms with E-state index in [-0.39, 0.29) is 5.41 Å². The van der Waals surface area contributed by atoms with Crippen molar-refractivity contribution in [3.63, 3.8) is 0 Å². The fraction of sp³-hybridized carbons (Fsp3) is 0.0833. The van der Waals surface area contributed by atoms with Gasteiger partial charge in [-0.2, -0.15) is 0 Å². The van der Waals surface area contributed by atoms with Crippen molar-refractivity contribution in [1.29, 1.82) is 0 Å². The van der Waals surface area contributed by atoms with Gasteiger partial charge in [0.15, 0.2) is 0 Å². The van der Waals surface area contributed by atoms with Gasteiger partial charge in [0, 0.05) is 17.1 Å². The molecule has 1 heteroatoms. The molecule has 0 unspecified atom stereocenters. The zero-order valence-corrected chi connectivity index (χ0v) is 28.1. The summed E-state index contributed by atoms with van der Waals surface area (Å²) in [6.07, 6.45) is 0. The van der Waals surface area contributed by atoms with E-state index in [9.17, 15) is 0 Å². The predicted octanol–water partition coefficient (Wildman–Crippen LogP) is 13.7. The van der Waals surface area contributed by atoms with Crippen LogP contribution in [-0.4, -0.2) is 0 Å². The topological polar surface area (TPSA) is 3.24 Å². The summed E-state index contributed by atoms with van der Waals surface area (Å²) in [6.45, 7) is 6.80. The van der Waals surface area contributed by atoms with Crippen molar-refractivity contribution in [3.8, 4) is 44.5 Å². The first-order chi connectivity index (χ1) is 23.9. The van der Waals surface area contributed by atoms with Gasteiger partial charge in [-0.15, -0.1) is 0 Å². The number of rotatable bonds is 5. The van der Waals surface area contributed by atoms with E-state index in [0.717, 1.165) is 17.1 Å². The number of hydrogen-bond donors (Lipinski definition) is 0. The van der Waals surface area contributed by atoms with Gasteiger partial charge in [0.25, 0.3) is 0 Å². The monoisotopic (exact) mass is 627 g/mol. The molecule has 0 fully saturated rings. The highest BCUT2D eigenvalue weighted by atomic mass is 15.1. The number of nitrogens with zero attached hydrogens (tertiary/aromatic N) is 1. The average Bonchev–Trinajstić information content (AvgIpc) is 3.14. The standard InChI is InChI=1S/C48H37N/c1-48(2,3)38-20-23-40(24-21-38)49(39-17-11-6-12-18-39)41-22-19-34-26-44-45(29-35(34)25-41)47-31-37-28-43(33-15-9-5-10-16-33)42(27-36(37)30-46(44)47)32-13-7-4-8-14-32/h4-31H,1-3H3. The third kappa shape index (κ3) is 5.10. The Bertz CT molecular complexity index is 2490. The summed E-state index contributed by atoms with van der Waals surface area (Å²) >= 11 is 0. The number of fused-ring (bicyclic) bond motifs is 6. The first kappa shape index (κ1) is 29.2. The Kier molecular flexibility index (Phi) is 6.78. The molecule has 0 aliphatic heterocycles. The van der Waals surface area contributed by atoms with Crippen LogP contribution in [0, 0.1) is 0 Å². The van der Waals surface area contributed by atoms with E-state index in [1.807, 2.05) is 0 Å². The molecule has 0 bridgehead atoms. The van der Waals surface area contributed by atoms with Gasteiger partial charge >= 0.3 is 0 Å². The Labute approximate surface area is 288 Å². The van der Waals surface area contributed by atoms with Crippen molar-refractivity contribution >= 4 is 38.6 Å². The lowest BCUT2D eigenvalue weighted by Gasteiger charge is -2.28. The minimum atomic E-state index is 0.107. The second-order valence-electron chi connectivity index (χ2n) is 14.3. The molecule has 0 N–H and O–H groups in total. The van der Waals surface area contributed by atoms with Gasteiger partial charge in [-0.3, -0.25) is 0 Å². The molecule has 234 valence electrons. The fourth-order valence-corrected chi connectivity index (χ4v) is 7.45. The Morgan fingerprint density at radius 3 is 1.20 bits per heavy atom. The van der Waals surface area contributed by atoms with E-state index in [0.29, 0.717) is 0 Å². The van der Waals surface area contributed by atoms with Crippen LogP contribution in [0.1, 0.15) is 26.3 Å². The SMILES string of the molecule is CC(C)(C)c1ccc(N(c2ccccc2)c2ccc3cc4c(cc3c2)-c2cc3cc(-c5ccccc5)c(-c5ccccc5)cc3cc2-4)cc1. The maximum Gasteiger partial charge on any atom is 0.0468 e. The maximum absolute atomic E-state index is 2.40. The average molecular weight is 628 g/mol. The Morgan fingerprint density at radius 2 is 0.714 bits per heavy atom. The smallest absolute Gasteiger partial charge is 0.0468 e. The van der Waals surface area contributed by atoms with Gasteiger partial charge in [-0.1, -0.05) is 118 Å². The zero-order valence-electron chi connectivity index (χ0n) is 28.1. The molecule has 0 saturated carbocycles. The number of para-hydroxylation sites is 1. The highest BCUT2D eigenvalue weighted by Crippen LogP contribution is 2.51. The molecule has 0 radical (unpaired) electrons. The van der Waals surface area contributed by atoms with Crippen LogP contribution in [0.15, 0.2) is 170 Å². The molecule has 8 aromatic carbocycles. The molecular formula is C48H37N. The molecular weight excluding hydrogens is 591 g/mol. The summed E-state index contributed by atoms with van der Waals surface area (Å²) in [4.78, 5) is 2.36. The Balaban J connectivity index is 1.15. The van der Waals surface area contributed by atoms with Crippen LogP contribution in [-0.2, 0) is 5.41 Å². The van der Waals surface area contributed by atoms with E-state index in [4.69, 9.17) is 0 Å². The molecule has 0 saturated heterocycles. The molecule has 1 aliphatic carbocycles. The highest BCUT2D eigenvalue weighted by molar-refractivity contribution is 6.13. The van der Waals surface area contributed by atoms with E-state index in [1.165, 1.54) is 71.6 Å². The zero-order chi connectivity index (χ0) is 33.1. The summed E-state index contributed by atoms with van der Waals surface area (Å²) in [5.41, 5.74) is 15.2. The van der Waals surface area contributed by atoms with E-state index in [2.05, 4.69) is 196 Å². The predicted molar refractivity (Wildman–Crippen MR) is 210 cm³/mol. The van der Waals surface area contributed by atoms with Crippen molar-refractivity contribution in [2.24, 2.45) is 0 Å². The molecule has 0 aromatic heterocycles. The first-order valence-electron chi connectivity index (χ1n) is 17.2. The summed E-state index contributed by atoms with van der Waals surface area (Å²) in [7, 11) is 0. The lowest BCUT2D eigenvalue weighted by Crippen LogP contribution is -2.13. The molecule has 0 heterocycles. The van der Waals surface area contributed by atoms with E-state index >= 15 is 0 Å². The lowest BCUT2D eigenvalue weighted by molar-refractivity contribution is 0.590. The molecule has 9 rings (SSSR count). The minimum Gasteiger partial charge on any atom is -0.310 e. The summed E-state index contributed by atoms with van der Waals surface area (Å²) < 4.78 is 0. The van der Waals surface area contributed by atoms with Crippen molar-refractivity contribution in [2.45, 2.75) is 26.2 Å². The van der Waals surface area contributed by atoms with Crippen LogP contribution in [0.5, 0.6) is 0 Å². The number of benzene rings is 8. The third-order valence-electron chi connectivity index (χ3n) is 10.1. The second kappa shape index (κ2) is 11.4. The summed E-state index contributed by atoms with van der Waals surface area (Å²) in [5, 5.41) is 5.05. The maximum atomic E-state index is 2.40. The number of hydrogen-bond acceptors (Lipinski definition) is 1.